The standard InChI is InChI=1S/C13H11F3N2O3/c1-2-3-6-17-12(21)18-10-5-4-8(13(14,15)16)7-9(10)11(19)20/h4-5,7H,6H2,1H3,(H,19,20)(H2,17,18,21). The van der Waals surface area contributed by atoms with E-state index in [-0.39, 0.29) is 12.2 Å². The maximum atomic E-state index is 12.5. The molecule has 8 heteroatoms. The maximum absolute atomic E-state index is 12.5. The van der Waals surface area contributed by atoms with Gasteiger partial charge in [-0.15, -0.1) is 5.92 Å². The number of hydrogen-bond acceptors (Lipinski definition) is 2. The van der Waals surface area contributed by atoms with Gasteiger partial charge in [-0.3, -0.25) is 0 Å². The molecule has 0 aliphatic carbocycles. The molecule has 0 unspecified atom stereocenters. The molecule has 1 aromatic carbocycles. The van der Waals surface area contributed by atoms with Crippen LogP contribution in [0.5, 0.6) is 0 Å². The molecule has 2 amide bonds. The van der Waals surface area contributed by atoms with Crippen molar-refractivity contribution < 1.29 is 27.9 Å². The second kappa shape index (κ2) is 6.65. The minimum Gasteiger partial charge on any atom is -0.478 e. The molecule has 1 aromatic rings. The van der Waals surface area contributed by atoms with Gasteiger partial charge in [-0.1, -0.05) is 5.92 Å². The monoisotopic (exact) mass is 300 g/mol. The van der Waals surface area contributed by atoms with Crippen molar-refractivity contribution in [3.63, 3.8) is 0 Å². The fourth-order valence-corrected chi connectivity index (χ4v) is 1.39. The summed E-state index contributed by atoms with van der Waals surface area (Å²) in [6, 6.07) is 1.27. The number of rotatable bonds is 3. The number of carboxylic acids is 1. The Bertz CT molecular complexity index is 615. The third-order valence-corrected chi connectivity index (χ3v) is 2.34. The van der Waals surface area contributed by atoms with Gasteiger partial charge in [0, 0.05) is 0 Å². The van der Waals surface area contributed by atoms with E-state index in [2.05, 4.69) is 22.5 Å². The first-order valence-electron chi connectivity index (χ1n) is 5.64. The molecule has 0 radical (unpaired) electrons. The molecular formula is C13H11F3N2O3. The topological polar surface area (TPSA) is 78.4 Å². The number of halogens is 3. The van der Waals surface area contributed by atoms with Gasteiger partial charge in [0.15, 0.2) is 0 Å². The summed E-state index contributed by atoms with van der Waals surface area (Å²) in [7, 11) is 0. The predicted octanol–water partition coefficient (Wildman–Crippen LogP) is 2.55. The van der Waals surface area contributed by atoms with E-state index in [1.54, 1.807) is 6.92 Å². The number of carbonyl (C=O) groups excluding carboxylic acids is 1. The minimum absolute atomic E-state index is 0.0331. The van der Waals surface area contributed by atoms with Crippen molar-refractivity contribution in [3.05, 3.63) is 29.3 Å². The molecule has 5 nitrogen and oxygen atoms in total. The van der Waals surface area contributed by atoms with Gasteiger partial charge < -0.3 is 15.7 Å². The highest BCUT2D eigenvalue weighted by Crippen LogP contribution is 2.31. The summed E-state index contributed by atoms with van der Waals surface area (Å²) in [5, 5.41) is 13.4. The molecular weight excluding hydrogens is 289 g/mol. The van der Waals surface area contributed by atoms with E-state index >= 15 is 0 Å². The lowest BCUT2D eigenvalue weighted by Gasteiger charge is -2.12. The van der Waals surface area contributed by atoms with Gasteiger partial charge >= 0.3 is 18.2 Å². The smallest absolute Gasteiger partial charge is 0.416 e. The molecule has 0 aromatic heterocycles. The highest BCUT2D eigenvalue weighted by Gasteiger charge is 2.32. The molecule has 0 atom stereocenters. The number of alkyl halides is 3. The predicted molar refractivity (Wildman–Crippen MR) is 68.9 cm³/mol. The highest BCUT2D eigenvalue weighted by molar-refractivity contribution is 6.00. The Morgan fingerprint density at radius 2 is 2.00 bits per heavy atom. The molecule has 0 aliphatic heterocycles. The first-order valence-corrected chi connectivity index (χ1v) is 5.64. The van der Waals surface area contributed by atoms with Gasteiger partial charge in [0.2, 0.25) is 0 Å². The normalized spacial score (nSPS) is 10.3. The van der Waals surface area contributed by atoms with E-state index in [0.717, 1.165) is 6.07 Å². The quantitative estimate of drug-likeness (QED) is 0.751. The summed E-state index contributed by atoms with van der Waals surface area (Å²) in [4.78, 5) is 22.4. The SMILES string of the molecule is CC#CCNC(=O)Nc1ccc(C(F)(F)F)cc1C(=O)O. The number of carbonyl (C=O) groups is 2. The van der Waals surface area contributed by atoms with Crippen LogP contribution in [0, 0.1) is 11.8 Å². The molecule has 0 saturated heterocycles. The van der Waals surface area contributed by atoms with Gasteiger partial charge in [0.05, 0.1) is 23.4 Å². The van der Waals surface area contributed by atoms with Crippen LogP contribution in [0.25, 0.3) is 0 Å². The van der Waals surface area contributed by atoms with Crippen LogP contribution in [0.1, 0.15) is 22.8 Å². The van der Waals surface area contributed by atoms with Crippen LogP contribution >= 0.6 is 0 Å². The van der Waals surface area contributed by atoms with Crippen LogP contribution in [0.2, 0.25) is 0 Å². The number of amides is 2. The Morgan fingerprint density at radius 3 is 2.52 bits per heavy atom. The van der Waals surface area contributed by atoms with E-state index in [4.69, 9.17) is 5.11 Å². The summed E-state index contributed by atoms with van der Waals surface area (Å²) in [6.07, 6.45) is -4.66. The summed E-state index contributed by atoms with van der Waals surface area (Å²) in [5.41, 5.74) is -2.00. The van der Waals surface area contributed by atoms with Gasteiger partial charge in [0.25, 0.3) is 0 Å². The summed E-state index contributed by atoms with van der Waals surface area (Å²) >= 11 is 0. The van der Waals surface area contributed by atoms with Crippen LogP contribution in [-0.4, -0.2) is 23.7 Å². The third-order valence-electron chi connectivity index (χ3n) is 2.34. The average Bonchev–Trinajstić information content (AvgIpc) is 2.37. The van der Waals surface area contributed by atoms with E-state index in [1.165, 1.54) is 0 Å². The van der Waals surface area contributed by atoms with E-state index in [1.807, 2.05) is 0 Å². The highest BCUT2D eigenvalue weighted by atomic mass is 19.4. The van der Waals surface area contributed by atoms with Crippen molar-refractivity contribution in [1.82, 2.24) is 5.32 Å². The summed E-state index contributed by atoms with van der Waals surface area (Å²) < 4.78 is 37.6. The Balaban J connectivity index is 2.99. The Kier molecular flexibility index (Phi) is 5.18. The fourth-order valence-electron chi connectivity index (χ4n) is 1.39. The first kappa shape index (κ1) is 16.4. The summed E-state index contributed by atoms with van der Waals surface area (Å²) in [6.45, 7) is 1.60. The maximum Gasteiger partial charge on any atom is 0.416 e. The Morgan fingerprint density at radius 1 is 1.33 bits per heavy atom. The summed E-state index contributed by atoms with van der Waals surface area (Å²) in [5.74, 6) is 3.49. The lowest BCUT2D eigenvalue weighted by Crippen LogP contribution is -2.29. The average molecular weight is 300 g/mol. The number of aromatic carboxylic acids is 1. The molecule has 0 heterocycles. The van der Waals surface area contributed by atoms with Gasteiger partial charge in [-0.2, -0.15) is 13.2 Å². The number of hydrogen-bond donors (Lipinski definition) is 3. The number of anilines is 1. The van der Waals surface area contributed by atoms with Crippen molar-refractivity contribution in [1.29, 1.82) is 0 Å². The zero-order valence-corrected chi connectivity index (χ0v) is 10.8. The molecule has 112 valence electrons. The Labute approximate surface area is 118 Å². The van der Waals surface area contributed by atoms with Crippen molar-refractivity contribution in [2.24, 2.45) is 0 Å². The van der Waals surface area contributed by atoms with E-state index in [9.17, 15) is 22.8 Å². The molecule has 0 fully saturated rings. The van der Waals surface area contributed by atoms with Crippen LogP contribution in [-0.2, 0) is 6.18 Å². The molecule has 0 bridgehead atoms. The van der Waals surface area contributed by atoms with Crippen molar-refractivity contribution >= 4 is 17.7 Å². The molecule has 0 aliphatic rings. The van der Waals surface area contributed by atoms with Crippen LogP contribution in [0.3, 0.4) is 0 Å². The molecule has 21 heavy (non-hydrogen) atoms. The zero-order chi connectivity index (χ0) is 16.0. The fraction of sp³-hybridized carbons (Fsp3) is 0.231. The molecule has 0 saturated carbocycles. The lowest BCUT2D eigenvalue weighted by atomic mass is 10.1. The lowest BCUT2D eigenvalue weighted by molar-refractivity contribution is -0.137. The number of urea groups is 1. The molecule has 0 spiro atoms. The van der Waals surface area contributed by atoms with Crippen molar-refractivity contribution in [2.45, 2.75) is 13.1 Å². The Hall–Kier alpha value is -2.69. The van der Waals surface area contributed by atoms with Crippen LogP contribution in [0.15, 0.2) is 18.2 Å². The number of benzene rings is 1. The van der Waals surface area contributed by atoms with E-state index < -0.39 is 29.3 Å². The van der Waals surface area contributed by atoms with Crippen molar-refractivity contribution in [2.75, 3.05) is 11.9 Å². The largest absolute Gasteiger partial charge is 0.478 e. The van der Waals surface area contributed by atoms with Crippen LogP contribution < -0.4 is 10.6 Å². The number of carboxylic acid groups (broad SMARTS) is 1. The number of nitrogens with one attached hydrogen (secondary N) is 2. The molecule has 1 rings (SSSR count). The van der Waals surface area contributed by atoms with Gasteiger partial charge in [-0.05, 0) is 25.1 Å². The zero-order valence-electron chi connectivity index (χ0n) is 10.8. The second-order valence-electron chi connectivity index (χ2n) is 3.80. The van der Waals surface area contributed by atoms with Crippen molar-refractivity contribution in [3.8, 4) is 11.8 Å². The van der Waals surface area contributed by atoms with Crippen LogP contribution in [0.4, 0.5) is 23.7 Å². The van der Waals surface area contributed by atoms with E-state index in [0.29, 0.717) is 12.1 Å². The molecule has 3 N–H and O–H groups in total. The van der Waals surface area contributed by atoms with Gasteiger partial charge in [0.1, 0.15) is 0 Å². The van der Waals surface area contributed by atoms with Gasteiger partial charge in [-0.25, -0.2) is 9.59 Å². The second-order valence-corrected chi connectivity index (χ2v) is 3.80. The third kappa shape index (κ3) is 4.72. The first-order chi connectivity index (χ1) is 9.75. The minimum atomic E-state index is -4.66.